The second kappa shape index (κ2) is 4.14. The largest absolute Gasteiger partial charge is 0.355 e. The Hall–Kier alpha value is -1.16. The first-order valence-corrected chi connectivity index (χ1v) is 5.45. The Labute approximate surface area is 90.7 Å². The van der Waals surface area contributed by atoms with Gasteiger partial charge in [0.1, 0.15) is 0 Å². The lowest BCUT2D eigenvalue weighted by Crippen LogP contribution is -2.50. The molecule has 0 amide bonds. The third-order valence-corrected chi connectivity index (χ3v) is 3.35. The van der Waals surface area contributed by atoms with Gasteiger partial charge in [-0.25, -0.2) is 0 Å². The lowest BCUT2D eigenvalue weighted by molar-refractivity contribution is 0.304. The van der Waals surface area contributed by atoms with Crippen molar-refractivity contribution in [2.45, 2.75) is 25.3 Å². The SMILES string of the molecule is CNC1(C)CCN(c2cccnn2)CC1. The van der Waals surface area contributed by atoms with Crippen molar-refractivity contribution < 1.29 is 0 Å². The first kappa shape index (κ1) is 10.4. The van der Waals surface area contributed by atoms with E-state index >= 15 is 0 Å². The maximum absolute atomic E-state index is 4.13. The Morgan fingerprint density at radius 3 is 2.67 bits per heavy atom. The maximum Gasteiger partial charge on any atom is 0.151 e. The summed E-state index contributed by atoms with van der Waals surface area (Å²) < 4.78 is 0. The van der Waals surface area contributed by atoms with Crippen LogP contribution in [-0.4, -0.2) is 35.9 Å². The molecule has 82 valence electrons. The smallest absolute Gasteiger partial charge is 0.151 e. The van der Waals surface area contributed by atoms with Gasteiger partial charge in [0.15, 0.2) is 5.82 Å². The number of nitrogens with zero attached hydrogens (tertiary/aromatic N) is 3. The zero-order valence-corrected chi connectivity index (χ0v) is 9.40. The summed E-state index contributed by atoms with van der Waals surface area (Å²) in [6.07, 6.45) is 4.02. The van der Waals surface area contributed by atoms with Gasteiger partial charge in [0.25, 0.3) is 0 Å². The summed E-state index contributed by atoms with van der Waals surface area (Å²) in [5.41, 5.74) is 0.290. The number of nitrogens with one attached hydrogen (secondary N) is 1. The second-order valence-corrected chi connectivity index (χ2v) is 4.38. The van der Waals surface area contributed by atoms with Crippen LogP contribution in [0, 0.1) is 0 Å². The average Bonchev–Trinajstić information content (AvgIpc) is 2.31. The predicted octanol–water partition coefficient (Wildman–Crippen LogP) is 1.05. The molecular formula is C11H18N4. The van der Waals surface area contributed by atoms with Crippen LogP contribution >= 0.6 is 0 Å². The molecule has 1 fully saturated rings. The van der Waals surface area contributed by atoms with Crippen molar-refractivity contribution in [3.63, 3.8) is 0 Å². The minimum absolute atomic E-state index is 0.290. The van der Waals surface area contributed by atoms with Crippen molar-refractivity contribution >= 4 is 5.82 Å². The van der Waals surface area contributed by atoms with E-state index in [1.807, 2.05) is 19.2 Å². The first-order chi connectivity index (χ1) is 7.23. The zero-order chi connectivity index (χ0) is 10.7. The molecule has 1 N–H and O–H groups in total. The summed E-state index contributed by atoms with van der Waals surface area (Å²) in [5.74, 6) is 0.996. The van der Waals surface area contributed by atoms with E-state index in [1.165, 1.54) is 0 Å². The van der Waals surface area contributed by atoms with Crippen LogP contribution in [0.2, 0.25) is 0 Å². The second-order valence-electron chi connectivity index (χ2n) is 4.38. The van der Waals surface area contributed by atoms with Gasteiger partial charge >= 0.3 is 0 Å². The van der Waals surface area contributed by atoms with E-state index in [1.54, 1.807) is 6.20 Å². The topological polar surface area (TPSA) is 41.0 Å². The van der Waals surface area contributed by atoms with Crippen LogP contribution in [-0.2, 0) is 0 Å². The van der Waals surface area contributed by atoms with Crippen molar-refractivity contribution in [2.24, 2.45) is 0 Å². The van der Waals surface area contributed by atoms with Crippen molar-refractivity contribution in [1.82, 2.24) is 15.5 Å². The van der Waals surface area contributed by atoms with Gasteiger partial charge in [0, 0.05) is 24.8 Å². The van der Waals surface area contributed by atoms with Crippen molar-refractivity contribution in [1.29, 1.82) is 0 Å². The van der Waals surface area contributed by atoms with E-state index < -0.39 is 0 Å². The fraction of sp³-hybridized carbons (Fsp3) is 0.636. The maximum atomic E-state index is 4.13. The number of rotatable bonds is 2. The molecule has 0 radical (unpaired) electrons. The van der Waals surface area contributed by atoms with Gasteiger partial charge in [0.2, 0.25) is 0 Å². The molecule has 4 heteroatoms. The highest BCUT2D eigenvalue weighted by molar-refractivity contribution is 5.37. The molecule has 1 aromatic heterocycles. The minimum atomic E-state index is 0.290. The molecule has 15 heavy (non-hydrogen) atoms. The average molecular weight is 206 g/mol. The van der Waals surface area contributed by atoms with Crippen molar-refractivity contribution in [3.8, 4) is 0 Å². The van der Waals surface area contributed by atoms with Gasteiger partial charge in [-0.15, -0.1) is 5.10 Å². The first-order valence-electron chi connectivity index (χ1n) is 5.45. The fourth-order valence-corrected chi connectivity index (χ4v) is 1.94. The highest BCUT2D eigenvalue weighted by Crippen LogP contribution is 2.23. The summed E-state index contributed by atoms with van der Waals surface area (Å²) >= 11 is 0. The van der Waals surface area contributed by atoms with Crippen LogP contribution in [0.25, 0.3) is 0 Å². The van der Waals surface area contributed by atoms with E-state index in [2.05, 4.69) is 27.3 Å². The van der Waals surface area contributed by atoms with Crippen molar-refractivity contribution in [2.75, 3.05) is 25.0 Å². The van der Waals surface area contributed by atoms with E-state index in [4.69, 9.17) is 0 Å². The van der Waals surface area contributed by atoms with Crippen LogP contribution < -0.4 is 10.2 Å². The molecule has 1 saturated heterocycles. The van der Waals surface area contributed by atoms with Crippen LogP contribution in [0.4, 0.5) is 5.82 Å². The quantitative estimate of drug-likeness (QED) is 0.785. The summed E-state index contributed by atoms with van der Waals surface area (Å²) in [6.45, 7) is 4.38. The van der Waals surface area contributed by atoms with Gasteiger partial charge in [-0.05, 0) is 38.9 Å². The Morgan fingerprint density at radius 2 is 2.13 bits per heavy atom. The van der Waals surface area contributed by atoms with E-state index in [-0.39, 0.29) is 0 Å². The van der Waals surface area contributed by atoms with E-state index in [0.29, 0.717) is 5.54 Å². The molecule has 0 aromatic carbocycles. The van der Waals surface area contributed by atoms with Crippen LogP contribution in [0.5, 0.6) is 0 Å². The monoisotopic (exact) mass is 206 g/mol. The summed E-state index contributed by atoms with van der Waals surface area (Å²) in [4.78, 5) is 2.30. The predicted molar refractivity (Wildman–Crippen MR) is 60.9 cm³/mol. The molecule has 0 saturated carbocycles. The van der Waals surface area contributed by atoms with Crippen LogP contribution in [0.15, 0.2) is 18.3 Å². The molecule has 0 aliphatic carbocycles. The molecule has 0 unspecified atom stereocenters. The molecule has 4 nitrogen and oxygen atoms in total. The lowest BCUT2D eigenvalue weighted by atomic mass is 9.90. The van der Waals surface area contributed by atoms with Gasteiger partial charge in [0.05, 0.1) is 0 Å². The van der Waals surface area contributed by atoms with Gasteiger partial charge in [-0.1, -0.05) is 0 Å². The molecule has 0 bridgehead atoms. The molecule has 1 aliphatic rings. The minimum Gasteiger partial charge on any atom is -0.355 e. The Morgan fingerprint density at radius 1 is 1.40 bits per heavy atom. The molecular weight excluding hydrogens is 188 g/mol. The van der Waals surface area contributed by atoms with Gasteiger partial charge in [-0.2, -0.15) is 5.10 Å². The van der Waals surface area contributed by atoms with Crippen LogP contribution in [0.3, 0.4) is 0 Å². The number of aromatic nitrogens is 2. The third kappa shape index (κ3) is 2.26. The molecule has 2 heterocycles. The number of piperidine rings is 1. The fourth-order valence-electron chi connectivity index (χ4n) is 1.94. The van der Waals surface area contributed by atoms with Gasteiger partial charge < -0.3 is 10.2 Å². The molecule has 0 spiro atoms. The number of anilines is 1. The van der Waals surface area contributed by atoms with Crippen LogP contribution in [0.1, 0.15) is 19.8 Å². The normalized spacial score (nSPS) is 20.3. The van der Waals surface area contributed by atoms with E-state index in [0.717, 1.165) is 31.7 Å². The third-order valence-electron chi connectivity index (χ3n) is 3.35. The Bertz CT molecular complexity index is 304. The number of hydrogen-bond donors (Lipinski definition) is 1. The zero-order valence-electron chi connectivity index (χ0n) is 9.40. The number of hydrogen-bond acceptors (Lipinski definition) is 4. The summed E-state index contributed by atoms with van der Waals surface area (Å²) in [6, 6.07) is 3.96. The highest BCUT2D eigenvalue weighted by atomic mass is 15.3. The van der Waals surface area contributed by atoms with E-state index in [9.17, 15) is 0 Å². The molecule has 1 aromatic rings. The molecule has 1 aliphatic heterocycles. The van der Waals surface area contributed by atoms with Gasteiger partial charge in [-0.3, -0.25) is 0 Å². The molecule has 0 atom stereocenters. The standard InChI is InChI=1S/C11H18N4/c1-11(12-2)5-8-15(9-6-11)10-4-3-7-13-14-10/h3-4,7,12H,5-6,8-9H2,1-2H3. The highest BCUT2D eigenvalue weighted by Gasteiger charge is 2.28. The van der Waals surface area contributed by atoms with Crippen molar-refractivity contribution in [3.05, 3.63) is 18.3 Å². The Kier molecular flexibility index (Phi) is 2.86. The lowest BCUT2D eigenvalue weighted by Gasteiger charge is -2.39. The summed E-state index contributed by atoms with van der Waals surface area (Å²) in [5, 5.41) is 11.4. The summed E-state index contributed by atoms with van der Waals surface area (Å²) in [7, 11) is 2.04. The molecule has 2 rings (SSSR count). The Balaban J connectivity index is 2.00.